The maximum atomic E-state index is 11.8. The summed E-state index contributed by atoms with van der Waals surface area (Å²) in [6.07, 6.45) is 6.92. The molecule has 3 aromatic rings. The van der Waals surface area contributed by atoms with Crippen molar-refractivity contribution in [2.45, 2.75) is 32.6 Å². The van der Waals surface area contributed by atoms with E-state index in [-0.39, 0.29) is 0 Å². The molecule has 0 spiro atoms. The van der Waals surface area contributed by atoms with Gasteiger partial charge in [0.15, 0.2) is 0 Å². The first-order valence-corrected chi connectivity index (χ1v) is 10.4. The van der Waals surface area contributed by atoms with Crippen LogP contribution >= 0.6 is 0 Å². The van der Waals surface area contributed by atoms with E-state index in [1.807, 2.05) is 18.2 Å². The molecule has 0 aliphatic heterocycles. The fourth-order valence-corrected chi connectivity index (χ4v) is 3.39. The molecule has 3 rings (SSSR count). The van der Waals surface area contributed by atoms with Gasteiger partial charge in [-0.3, -0.25) is 0 Å². The van der Waals surface area contributed by atoms with Gasteiger partial charge in [-0.15, -0.1) is 0 Å². The lowest BCUT2D eigenvalue weighted by atomic mass is 9.98. The Morgan fingerprint density at radius 1 is 0.774 bits per heavy atom. The quantitative estimate of drug-likeness (QED) is 0.175. The Balaban J connectivity index is 2.00. The van der Waals surface area contributed by atoms with Gasteiger partial charge in [0.2, 0.25) is 0 Å². The van der Waals surface area contributed by atoms with Crippen molar-refractivity contribution in [3.05, 3.63) is 85.5 Å². The molecule has 0 aromatic heterocycles. The van der Waals surface area contributed by atoms with Crippen LogP contribution in [0.3, 0.4) is 0 Å². The predicted octanol–water partition coefficient (Wildman–Crippen LogP) is 6.42. The lowest BCUT2D eigenvalue weighted by Gasteiger charge is -2.12. The van der Waals surface area contributed by atoms with Crippen molar-refractivity contribution in [3.63, 3.8) is 0 Å². The lowest BCUT2D eigenvalue weighted by Crippen LogP contribution is -2.06. The van der Waals surface area contributed by atoms with Gasteiger partial charge in [0.1, 0.15) is 11.5 Å². The van der Waals surface area contributed by atoms with Crippen LogP contribution in [-0.4, -0.2) is 11.9 Å². The third-order valence-corrected chi connectivity index (χ3v) is 5.05. The van der Waals surface area contributed by atoms with Crippen molar-refractivity contribution in [1.82, 2.24) is 0 Å². The van der Waals surface area contributed by atoms with Gasteiger partial charge in [0, 0.05) is 22.9 Å². The summed E-state index contributed by atoms with van der Waals surface area (Å²) in [7, 11) is 0. The average Bonchev–Trinajstić information content (AvgIpc) is 2.80. The number of hydrogen-bond acceptors (Lipinski definition) is 4. The van der Waals surface area contributed by atoms with Crippen LogP contribution in [-0.2, 0) is 16.0 Å². The van der Waals surface area contributed by atoms with E-state index in [0.29, 0.717) is 22.3 Å². The minimum absolute atomic E-state index is 0.371. The maximum Gasteiger partial charge on any atom is 0.335 e. The van der Waals surface area contributed by atoms with E-state index in [9.17, 15) is 9.59 Å². The molecule has 0 saturated carbocycles. The van der Waals surface area contributed by atoms with Crippen LogP contribution in [0.25, 0.3) is 21.9 Å². The summed E-state index contributed by atoms with van der Waals surface area (Å²) in [4.78, 5) is 23.5. The summed E-state index contributed by atoms with van der Waals surface area (Å²) in [5.41, 5.74) is 3.34. The molecule has 0 bridgehead atoms. The summed E-state index contributed by atoms with van der Waals surface area (Å²) in [6.45, 7) is 9.09. The minimum atomic E-state index is -0.557. The highest BCUT2D eigenvalue weighted by molar-refractivity contribution is 5.99. The second-order valence-electron chi connectivity index (χ2n) is 7.23. The number of carbonyl (C=O) groups is 2. The van der Waals surface area contributed by atoms with Gasteiger partial charge in [-0.05, 0) is 53.8 Å². The number of hydrogen-bond donors (Lipinski definition) is 0. The molecular weight excluding hydrogens is 388 g/mol. The zero-order chi connectivity index (χ0) is 22.2. The van der Waals surface area contributed by atoms with Crippen LogP contribution in [0.4, 0.5) is 0 Å². The molecule has 0 fully saturated rings. The summed E-state index contributed by atoms with van der Waals surface area (Å²) in [5.74, 6) is -0.369. The molecule has 0 radical (unpaired) electrons. The number of esters is 2. The molecular formula is C27H26O4. The largest absolute Gasteiger partial charge is 0.423 e. The van der Waals surface area contributed by atoms with Crippen LogP contribution < -0.4 is 9.47 Å². The molecule has 0 aliphatic rings. The summed E-state index contributed by atoms with van der Waals surface area (Å²) < 4.78 is 10.8. The third kappa shape index (κ3) is 5.48. The Kier molecular flexibility index (Phi) is 7.39. The van der Waals surface area contributed by atoms with Crippen molar-refractivity contribution in [2.75, 3.05) is 0 Å². The normalized spacial score (nSPS) is 10.5. The molecule has 158 valence electrons. The van der Waals surface area contributed by atoms with Crippen molar-refractivity contribution in [3.8, 4) is 22.6 Å². The summed E-state index contributed by atoms with van der Waals surface area (Å²) in [5, 5.41) is 1.32. The van der Waals surface area contributed by atoms with Crippen LogP contribution in [0.15, 0.2) is 79.9 Å². The second-order valence-corrected chi connectivity index (χ2v) is 7.23. The Hall–Kier alpha value is -3.66. The minimum Gasteiger partial charge on any atom is -0.423 e. The molecule has 0 heterocycles. The van der Waals surface area contributed by atoms with Crippen LogP contribution in [0.1, 0.15) is 31.7 Å². The molecule has 4 nitrogen and oxygen atoms in total. The Morgan fingerprint density at radius 2 is 1.35 bits per heavy atom. The zero-order valence-electron chi connectivity index (χ0n) is 17.7. The van der Waals surface area contributed by atoms with Crippen LogP contribution in [0.2, 0.25) is 0 Å². The first kappa shape index (κ1) is 22.0. The van der Waals surface area contributed by atoms with E-state index in [1.54, 1.807) is 12.1 Å². The zero-order valence-corrected chi connectivity index (χ0v) is 17.7. The molecule has 0 saturated heterocycles. The van der Waals surface area contributed by atoms with E-state index in [0.717, 1.165) is 29.7 Å². The van der Waals surface area contributed by atoms with Gasteiger partial charge in [-0.25, -0.2) is 9.59 Å². The number of ether oxygens (including phenoxy) is 2. The molecule has 0 atom stereocenters. The van der Waals surface area contributed by atoms with Crippen LogP contribution in [0, 0.1) is 0 Å². The molecule has 0 amide bonds. The SMILES string of the molecule is C=CC(=O)Oc1ccc(OC(=O)C=C)c2cc(-c3ccc(CCCCC)cc3)ccc12. The molecule has 4 heteroatoms. The van der Waals surface area contributed by atoms with Gasteiger partial charge < -0.3 is 9.47 Å². The van der Waals surface area contributed by atoms with Gasteiger partial charge in [-0.1, -0.05) is 63.3 Å². The second kappa shape index (κ2) is 10.4. The van der Waals surface area contributed by atoms with Crippen molar-refractivity contribution < 1.29 is 19.1 Å². The number of carbonyl (C=O) groups excluding carboxylic acids is 2. The van der Waals surface area contributed by atoms with Gasteiger partial charge in [0.25, 0.3) is 0 Å². The predicted molar refractivity (Wildman–Crippen MR) is 124 cm³/mol. The maximum absolute atomic E-state index is 11.8. The van der Waals surface area contributed by atoms with Crippen molar-refractivity contribution in [2.24, 2.45) is 0 Å². The summed E-state index contributed by atoms with van der Waals surface area (Å²) in [6, 6.07) is 17.4. The number of benzene rings is 3. The summed E-state index contributed by atoms with van der Waals surface area (Å²) >= 11 is 0. The highest BCUT2D eigenvalue weighted by Gasteiger charge is 2.13. The fourth-order valence-electron chi connectivity index (χ4n) is 3.39. The highest BCUT2D eigenvalue weighted by atomic mass is 16.5. The first-order valence-electron chi connectivity index (χ1n) is 10.4. The first-order chi connectivity index (χ1) is 15.0. The van der Waals surface area contributed by atoms with Gasteiger partial charge in [-0.2, -0.15) is 0 Å². The molecule has 3 aromatic carbocycles. The topological polar surface area (TPSA) is 52.6 Å². The highest BCUT2D eigenvalue weighted by Crippen LogP contribution is 2.36. The van der Waals surface area contributed by atoms with Gasteiger partial charge in [0.05, 0.1) is 0 Å². The average molecular weight is 415 g/mol. The molecule has 0 aliphatic carbocycles. The van der Waals surface area contributed by atoms with Crippen molar-refractivity contribution in [1.29, 1.82) is 0 Å². The monoisotopic (exact) mass is 414 g/mol. The van der Waals surface area contributed by atoms with Gasteiger partial charge >= 0.3 is 11.9 Å². The number of fused-ring (bicyclic) bond motifs is 1. The van der Waals surface area contributed by atoms with Crippen LogP contribution in [0.5, 0.6) is 11.5 Å². The van der Waals surface area contributed by atoms with Crippen molar-refractivity contribution >= 4 is 22.7 Å². The Morgan fingerprint density at radius 3 is 1.94 bits per heavy atom. The van der Waals surface area contributed by atoms with E-state index in [1.165, 1.54) is 24.8 Å². The van der Waals surface area contributed by atoms with E-state index in [4.69, 9.17) is 9.47 Å². The lowest BCUT2D eigenvalue weighted by molar-refractivity contribution is -0.129. The van der Waals surface area contributed by atoms with E-state index < -0.39 is 11.9 Å². The number of rotatable bonds is 9. The molecule has 31 heavy (non-hydrogen) atoms. The number of unbranched alkanes of at least 4 members (excludes halogenated alkanes) is 2. The standard InChI is InChI=1S/C27H26O4/c1-4-7-8-9-19-10-12-20(13-11-19)21-14-15-22-23(18-21)25(31-27(29)6-3)17-16-24(22)30-26(28)5-2/h5-6,10-18H,2-4,7-9H2,1H3. The molecule has 0 N–H and O–H groups in total. The fraction of sp³-hybridized carbons (Fsp3) is 0.185. The Labute approximate surface area is 182 Å². The Bertz CT molecular complexity index is 1110. The molecule has 0 unspecified atom stereocenters. The number of aryl methyl sites for hydroxylation is 1. The van der Waals surface area contributed by atoms with E-state index in [2.05, 4.69) is 44.3 Å². The third-order valence-electron chi connectivity index (χ3n) is 5.05. The smallest absolute Gasteiger partial charge is 0.335 e. The van der Waals surface area contributed by atoms with E-state index >= 15 is 0 Å².